The average Bonchev–Trinajstić information content (AvgIpc) is 2.70. The molecule has 1 N–H and O–H groups in total. The van der Waals surface area contributed by atoms with E-state index in [1.807, 2.05) is 0 Å². The minimum absolute atomic E-state index is 0.0566. The van der Waals surface area contributed by atoms with E-state index >= 15 is 0 Å². The largest absolute Gasteiger partial charge is 0.315 e. The first-order valence-electron chi connectivity index (χ1n) is 5.40. The van der Waals surface area contributed by atoms with Crippen LogP contribution in [0.4, 0.5) is 10.9 Å². The molecule has 2 aromatic heterocycles. The summed E-state index contributed by atoms with van der Waals surface area (Å²) in [7, 11) is 0. The Morgan fingerprint density at radius 1 is 1.39 bits per heavy atom. The van der Waals surface area contributed by atoms with Gasteiger partial charge in [-0.05, 0) is 22.0 Å². The summed E-state index contributed by atoms with van der Waals surface area (Å²) < 4.78 is 0.822. The fourth-order valence-electron chi connectivity index (χ4n) is 1.28. The summed E-state index contributed by atoms with van der Waals surface area (Å²) in [6.07, 6.45) is 1.60. The van der Waals surface area contributed by atoms with E-state index in [1.165, 1.54) is 0 Å². The molecule has 0 aliphatic rings. The number of anilines is 2. The standard InChI is InChI=1S/C12H13BrClN3S/c1-12(2,3)9-6-18-11(16-9)17-10-8(13)4-7(14)5-15-10/h4-6H,1-3H3,(H,15,16,17). The lowest BCUT2D eigenvalue weighted by Gasteiger charge is -2.14. The predicted octanol–water partition coefficient (Wildman–Crippen LogP) is 5.00. The van der Waals surface area contributed by atoms with E-state index in [-0.39, 0.29) is 5.41 Å². The van der Waals surface area contributed by atoms with Crippen LogP contribution in [0.1, 0.15) is 26.5 Å². The molecule has 0 saturated carbocycles. The molecule has 2 aromatic rings. The number of hydrogen-bond acceptors (Lipinski definition) is 4. The third kappa shape index (κ3) is 3.22. The van der Waals surface area contributed by atoms with Crippen molar-refractivity contribution < 1.29 is 0 Å². The third-order valence-electron chi connectivity index (χ3n) is 2.31. The SMILES string of the molecule is CC(C)(C)c1csc(Nc2ncc(Cl)cc2Br)n1. The maximum Gasteiger partial charge on any atom is 0.188 e. The van der Waals surface area contributed by atoms with Gasteiger partial charge in [0.05, 0.1) is 15.2 Å². The minimum atomic E-state index is 0.0566. The van der Waals surface area contributed by atoms with Gasteiger partial charge in [-0.1, -0.05) is 32.4 Å². The van der Waals surface area contributed by atoms with Gasteiger partial charge in [0.1, 0.15) is 5.82 Å². The molecule has 0 spiro atoms. The Bertz CT molecular complexity index is 563. The lowest BCUT2D eigenvalue weighted by Crippen LogP contribution is -2.11. The highest BCUT2D eigenvalue weighted by Gasteiger charge is 2.17. The predicted molar refractivity (Wildman–Crippen MR) is 81.0 cm³/mol. The second kappa shape index (κ2) is 5.15. The maximum atomic E-state index is 5.85. The van der Waals surface area contributed by atoms with Crippen molar-refractivity contribution in [1.29, 1.82) is 0 Å². The Morgan fingerprint density at radius 3 is 2.67 bits per heavy atom. The summed E-state index contributed by atoms with van der Waals surface area (Å²) >= 11 is 10.8. The first-order chi connectivity index (χ1) is 8.36. The van der Waals surface area contributed by atoms with Crippen molar-refractivity contribution in [2.75, 3.05) is 5.32 Å². The van der Waals surface area contributed by atoms with Crippen LogP contribution in [0.25, 0.3) is 0 Å². The number of pyridine rings is 1. The van der Waals surface area contributed by atoms with E-state index in [2.05, 4.69) is 57.4 Å². The van der Waals surface area contributed by atoms with Crippen LogP contribution in [-0.4, -0.2) is 9.97 Å². The molecule has 0 saturated heterocycles. The topological polar surface area (TPSA) is 37.8 Å². The van der Waals surface area contributed by atoms with Gasteiger partial charge in [0, 0.05) is 17.0 Å². The molecule has 0 aliphatic heterocycles. The van der Waals surface area contributed by atoms with Gasteiger partial charge >= 0.3 is 0 Å². The number of thiazole rings is 1. The molecule has 0 fully saturated rings. The summed E-state index contributed by atoms with van der Waals surface area (Å²) in [6, 6.07) is 1.80. The second-order valence-electron chi connectivity index (χ2n) is 4.90. The summed E-state index contributed by atoms with van der Waals surface area (Å²) in [5.74, 6) is 0.717. The van der Waals surface area contributed by atoms with E-state index < -0.39 is 0 Å². The Kier molecular flexibility index (Phi) is 3.94. The highest BCUT2D eigenvalue weighted by Crippen LogP contribution is 2.30. The van der Waals surface area contributed by atoms with Crippen molar-refractivity contribution in [1.82, 2.24) is 9.97 Å². The smallest absolute Gasteiger partial charge is 0.188 e. The number of halogens is 2. The zero-order chi connectivity index (χ0) is 13.3. The number of aromatic nitrogens is 2. The molecule has 6 heteroatoms. The molecule has 0 atom stereocenters. The molecule has 0 bridgehead atoms. The maximum absolute atomic E-state index is 5.85. The van der Waals surface area contributed by atoms with Crippen LogP contribution < -0.4 is 5.32 Å². The highest BCUT2D eigenvalue weighted by molar-refractivity contribution is 9.10. The van der Waals surface area contributed by atoms with Crippen molar-refractivity contribution in [3.8, 4) is 0 Å². The van der Waals surface area contributed by atoms with Gasteiger partial charge in [0.25, 0.3) is 0 Å². The summed E-state index contributed by atoms with van der Waals surface area (Å²) in [5, 5.41) is 6.67. The van der Waals surface area contributed by atoms with Gasteiger partial charge in [-0.25, -0.2) is 9.97 Å². The van der Waals surface area contributed by atoms with E-state index in [9.17, 15) is 0 Å². The molecule has 0 amide bonds. The van der Waals surface area contributed by atoms with Crippen LogP contribution in [0.15, 0.2) is 22.1 Å². The molecule has 2 heterocycles. The molecule has 3 nitrogen and oxygen atoms in total. The van der Waals surface area contributed by atoms with Gasteiger partial charge in [0.15, 0.2) is 5.13 Å². The molecular weight excluding hydrogens is 334 g/mol. The van der Waals surface area contributed by atoms with Crippen LogP contribution >= 0.6 is 38.9 Å². The van der Waals surface area contributed by atoms with Crippen LogP contribution in [0.5, 0.6) is 0 Å². The van der Waals surface area contributed by atoms with E-state index in [4.69, 9.17) is 11.6 Å². The molecule has 0 radical (unpaired) electrons. The summed E-state index contributed by atoms with van der Waals surface area (Å²) in [5.41, 5.74) is 1.13. The Balaban J connectivity index is 2.21. The van der Waals surface area contributed by atoms with Crippen LogP contribution in [0.2, 0.25) is 5.02 Å². The second-order valence-corrected chi connectivity index (χ2v) is 7.05. The molecule has 18 heavy (non-hydrogen) atoms. The van der Waals surface area contributed by atoms with E-state index in [1.54, 1.807) is 23.6 Å². The van der Waals surface area contributed by atoms with Gasteiger partial charge in [-0.15, -0.1) is 11.3 Å². The van der Waals surface area contributed by atoms with Gasteiger partial charge in [0.2, 0.25) is 0 Å². The van der Waals surface area contributed by atoms with Gasteiger partial charge in [-0.3, -0.25) is 0 Å². The molecular formula is C12H13BrClN3S. The zero-order valence-electron chi connectivity index (χ0n) is 10.3. The van der Waals surface area contributed by atoms with Crippen molar-refractivity contribution in [2.24, 2.45) is 0 Å². The quantitative estimate of drug-likeness (QED) is 0.832. The third-order valence-corrected chi connectivity index (χ3v) is 3.87. The van der Waals surface area contributed by atoms with Crippen molar-refractivity contribution in [3.05, 3.63) is 32.8 Å². The van der Waals surface area contributed by atoms with Gasteiger partial charge < -0.3 is 5.32 Å². The first-order valence-corrected chi connectivity index (χ1v) is 7.45. The van der Waals surface area contributed by atoms with Crippen molar-refractivity contribution in [2.45, 2.75) is 26.2 Å². The van der Waals surface area contributed by atoms with Gasteiger partial charge in [-0.2, -0.15) is 0 Å². The minimum Gasteiger partial charge on any atom is -0.315 e. The van der Waals surface area contributed by atoms with Crippen LogP contribution in [0.3, 0.4) is 0 Å². The fourth-order valence-corrected chi connectivity index (χ4v) is 2.96. The molecule has 0 aliphatic carbocycles. The number of rotatable bonds is 2. The lowest BCUT2D eigenvalue weighted by molar-refractivity contribution is 0.573. The van der Waals surface area contributed by atoms with Crippen molar-refractivity contribution in [3.63, 3.8) is 0 Å². The normalized spacial score (nSPS) is 11.6. The first kappa shape index (κ1) is 13.8. The Morgan fingerprint density at radius 2 is 2.11 bits per heavy atom. The van der Waals surface area contributed by atoms with E-state index in [0.717, 1.165) is 15.3 Å². The van der Waals surface area contributed by atoms with E-state index in [0.29, 0.717) is 10.8 Å². The molecule has 96 valence electrons. The monoisotopic (exact) mass is 345 g/mol. The number of hydrogen-bond donors (Lipinski definition) is 1. The molecule has 0 unspecified atom stereocenters. The zero-order valence-corrected chi connectivity index (χ0v) is 13.4. The fraction of sp³-hybridized carbons (Fsp3) is 0.333. The lowest BCUT2D eigenvalue weighted by atomic mass is 9.93. The summed E-state index contributed by atoms with van der Waals surface area (Å²) in [6.45, 7) is 6.42. The summed E-state index contributed by atoms with van der Waals surface area (Å²) in [4.78, 5) is 8.78. The van der Waals surface area contributed by atoms with Crippen LogP contribution in [0, 0.1) is 0 Å². The Hall–Kier alpha value is -0.650. The highest BCUT2D eigenvalue weighted by atomic mass is 79.9. The number of nitrogens with zero attached hydrogens (tertiary/aromatic N) is 2. The average molecular weight is 347 g/mol. The van der Waals surface area contributed by atoms with Crippen LogP contribution in [-0.2, 0) is 5.41 Å². The molecule has 0 aromatic carbocycles. The van der Waals surface area contributed by atoms with Crippen molar-refractivity contribution >= 4 is 49.8 Å². The number of nitrogens with one attached hydrogen (secondary N) is 1. The Labute approximate surface area is 124 Å². The molecule has 2 rings (SSSR count).